The number of fused-ring (bicyclic) bond motifs is 1. The van der Waals surface area contributed by atoms with E-state index in [1.54, 1.807) is 12.1 Å². The Morgan fingerprint density at radius 1 is 1.36 bits per heavy atom. The van der Waals surface area contributed by atoms with Gasteiger partial charge in [0.2, 0.25) is 17.0 Å². The zero-order chi connectivity index (χ0) is 16.1. The number of nitrogens with one attached hydrogen (secondary N) is 1. The third-order valence-electron chi connectivity index (χ3n) is 3.34. The van der Waals surface area contributed by atoms with E-state index in [1.165, 1.54) is 11.3 Å². The molecule has 0 saturated carbocycles. The van der Waals surface area contributed by atoms with Crippen LogP contribution in [-0.4, -0.2) is 16.9 Å². The number of benzene rings is 1. The van der Waals surface area contributed by atoms with Crippen molar-refractivity contribution in [1.29, 1.82) is 0 Å². The molecule has 0 aliphatic carbocycles. The van der Waals surface area contributed by atoms with Crippen LogP contribution in [0.1, 0.15) is 26.7 Å². The van der Waals surface area contributed by atoms with Crippen LogP contribution in [0.4, 0.5) is 5.13 Å². The first-order valence-corrected chi connectivity index (χ1v) is 7.91. The topological polar surface area (TPSA) is 97.4 Å². The fraction of sp³-hybridized carbons (Fsp3) is 0.333. The second kappa shape index (κ2) is 7.13. The number of nitrogens with two attached hydrogens (primary N) is 1. The van der Waals surface area contributed by atoms with Gasteiger partial charge in [-0.25, -0.2) is 0 Å². The van der Waals surface area contributed by atoms with Crippen LogP contribution in [0.2, 0.25) is 0 Å². The third-order valence-corrected chi connectivity index (χ3v) is 4.28. The van der Waals surface area contributed by atoms with E-state index >= 15 is 0 Å². The van der Waals surface area contributed by atoms with E-state index in [2.05, 4.69) is 15.3 Å². The van der Waals surface area contributed by atoms with Crippen LogP contribution in [0.15, 0.2) is 34.1 Å². The molecule has 2 aromatic rings. The molecule has 6 nitrogen and oxygen atoms in total. The van der Waals surface area contributed by atoms with Crippen LogP contribution >= 0.6 is 11.3 Å². The molecule has 0 aliphatic rings. The van der Waals surface area contributed by atoms with Gasteiger partial charge in [0.05, 0.1) is 5.39 Å². The lowest BCUT2D eigenvalue weighted by molar-refractivity contribution is -0.123. The first-order chi connectivity index (χ1) is 10.5. The second-order valence-corrected chi connectivity index (χ2v) is 5.81. The molecule has 116 valence electrons. The number of carbonyl (C=O) groups is 1. The Morgan fingerprint density at radius 3 is 2.73 bits per heavy atom. The summed E-state index contributed by atoms with van der Waals surface area (Å²) in [7, 11) is 0. The van der Waals surface area contributed by atoms with E-state index in [9.17, 15) is 9.59 Å². The summed E-state index contributed by atoms with van der Waals surface area (Å²) in [5.41, 5.74) is 5.38. The minimum Gasteiger partial charge on any atom is -0.369 e. The average Bonchev–Trinajstić information content (AvgIpc) is 2.48. The largest absolute Gasteiger partial charge is 0.369 e. The maximum absolute atomic E-state index is 11.9. The smallest absolute Gasteiger partial charge is 0.281 e. The Morgan fingerprint density at radius 2 is 2.05 bits per heavy atom. The Balaban J connectivity index is 2.25. The summed E-state index contributed by atoms with van der Waals surface area (Å²) in [5.74, 6) is -0.313. The van der Waals surface area contributed by atoms with Crippen LogP contribution in [0.5, 0.6) is 0 Å². The number of aromatic nitrogens is 1. The van der Waals surface area contributed by atoms with Gasteiger partial charge in [-0.2, -0.15) is 9.98 Å². The van der Waals surface area contributed by atoms with Gasteiger partial charge >= 0.3 is 0 Å². The lowest BCUT2D eigenvalue weighted by atomic mass is 10.0. The molecule has 0 atom stereocenters. The van der Waals surface area contributed by atoms with Gasteiger partial charge in [-0.1, -0.05) is 37.3 Å². The number of aliphatic imine (C=N–C) groups is 1. The van der Waals surface area contributed by atoms with Crippen LogP contribution in [-0.2, 0) is 4.79 Å². The summed E-state index contributed by atoms with van der Waals surface area (Å²) >= 11 is 1.25. The first-order valence-electron chi connectivity index (χ1n) is 7.10. The fourth-order valence-electron chi connectivity index (χ4n) is 2.07. The molecule has 0 bridgehead atoms. The molecule has 0 fully saturated rings. The van der Waals surface area contributed by atoms with E-state index in [1.807, 2.05) is 26.0 Å². The molecule has 1 aromatic heterocycles. The van der Waals surface area contributed by atoms with Gasteiger partial charge in [0.25, 0.3) is 5.56 Å². The summed E-state index contributed by atoms with van der Waals surface area (Å²) in [5, 5.41) is 3.33. The van der Waals surface area contributed by atoms with Crippen LogP contribution < -0.4 is 16.6 Å². The van der Waals surface area contributed by atoms with Crippen molar-refractivity contribution >= 4 is 38.4 Å². The number of rotatable bonds is 4. The fourth-order valence-corrected chi connectivity index (χ4v) is 2.95. The Labute approximate surface area is 132 Å². The lowest BCUT2D eigenvalue weighted by Crippen LogP contribution is -2.40. The zero-order valence-electron chi connectivity index (χ0n) is 12.5. The molecule has 2 rings (SSSR count). The molecule has 0 spiro atoms. The molecule has 0 radical (unpaired) electrons. The SMILES string of the molecule is CCC(CC)C(=O)NC(N)=Nc1nc(=O)c2ccccc2s1. The predicted molar refractivity (Wildman–Crippen MR) is 89.4 cm³/mol. The molecular formula is C15H18N4O2S. The summed E-state index contributed by atoms with van der Waals surface area (Å²) in [4.78, 5) is 31.7. The van der Waals surface area contributed by atoms with Crippen molar-refractivity contribution in [1.82, 2.24) is 10.3 Å². The van der Waals surface area contributed by atoms with Gasteiger partial charge in [-0.3, -0.25) is 14.9 Å². The van der Waals surface area contributed by atoms with Crippen molar-refractivity contribution in [3.05, 3.63) is 34.6 Å². The number of carbonyl (C=O) groups excluding carboxylic acids is 1. The molecule has 1 amide bonds. The summed E-state index contributed by atoms with van der Waals surface area (Å²) in [6, 6.07) is 7.16. The molecule has 1 heterocycles. The van der Waals surface area contributed by atoms with Crippen molar-refractivity contribution in [2.45, 2.75) is 26.7 Å². The maximum atomic E-state index is 11.9. The summed E-state index contributed by atoms with van der Waals surface area (Å²) in [6.07, 6.45) is 1.47. The number of guanidine groups is 1. The van der Waals surface area contributed by atoms with Gasteiger partial charge < -0.3 is 5.73 Å². The molecule has 1 aromatic carbocycles. The minimum atomic E-state index is -0.354. The number of hydrogen-bond donors (Lipinski definition) is 2. The van der Waals surface area contributed by atoms with E-state index < -0.39 is 0 Å². The van der Waals surface area contributed by atoms with Crippen molar-refractivity contribution in [3.63, 3.8) is 0 Å². The molecule has 22 heavy (non-hydrogen) atoms. The van der Waals surface area contributed by atoms with Crippen molar-refractivity contribution in [2.75, 3.05) is 0 Å². The van der Waals surface area contributed by atoms with Gasteiger partial charge in [0.15, 0.2) is 0 Å². The molecule has 0 aliphatic heterocycles. The molecule has 0 unspecified atom stereocenters. The van der Waals surface area contributed by atoms with E-state index in [4.69, 9.17) is 5.73 Å². The Kier molecular flexibility index (Phi) is 5.21. The van der Waals surface area contributed by atoms with Crippen molar-refractivity contribution in [3.8, 4) is 0 Å². The zero-order valence-corrected chi connectivity index (χ0v) is 13.3. The second-order valence-electron chi connectivity index (χ2n) is 4.80. The van der Waals surface area contributed by atoms with E-state index in [0.717, 1.165) is 17.5 Å². The van der Waals surface area contributed by atoms with Crippen molar-refractivity contribution in [2.24, 2.45) is 16.6 Å². The first kappa shape index (κ1) is 16.1. The van der Waals surface area contributed by atoms with Gasteiger partial charge in [-0.05, 0) is 25.0 Å². The van der Waals surface area contributed by atoms with Crippen LogP contribution in [0.25, 0.3) is 10.1 Å². The highest BCUT2D eigenvalue weighted by molar-refractivity contribution is 7.21. The van der Waals surface area contributed by atoms with Gasteiger partial charge in [0, 0.05) is 10.6 Å². The minimum absolute atomic E-state index is 0.0460. The quantitative estimate of drug-likeness (QED) is 0.666. The average molecular weight is 318 g/mol. The number of nitrogens with zero attached hydrogens (tertiary/aromatic N) is 2. The highest BCUT2D eigenvalue weighted by Crippen LogP contribution is 2.22. The summed E-state index contributed by atoms with van der Waals surface area (Å²) in [6.45, 7) is 3.88. The van der Waals surface area contributed by atoms with Crippen LogP contribution in [0, 0.1) is 5.92 Å². The Hall–Kier alpha value is -2.28. The number of hydrogen-bond acceptors (Lipinski definition) is 5. The van der Waals surface area contributed by atoms with E-state index in [-0.39, 0.29) is 28.5 Å². The molecule has 0 saturated heterocycles. The lowest BCUT2D eigenvalue weighted by Gasteiger charge is -2.11. The van der Waals surface area contributed by atoms with Gasteiger partial charge in [-0.15, -0.1) is 0 Å². The monoisotopic (exact) mass is 318 g/mol. The Bertz CT molecular complexity index is 765. The molecule has 3 N–H and O–H groups in total. The third kappa shape index (κ3) is 3.67. The molecular weight excluding hydrogens is 300 g/mol. The summed E-state index contributed by atoms with van der Waals surface area (Å²) < 4.78 is 0.778. The molecule has 7 heteroatoms. The predicted octanol–water partition coefficient (Wildman–Crippen LogP) is 2.16. The van der Waals surface area contributed by atoms with Gasteiger partial charge in [0.1, 0.15) is 0 Å². The van der Waals surface area contributed by atoms with E-state index in [0.29, 0.717) is 5.39 Å². The van der Waals surface area contributed by atoms with Crippen LogP contribution in [0.3, 0.4) is 0 Å². The normalized spacial score (nSPS) is 11.9. The number of amides is 1. The highest BCUT2D eigenvalue weighted by atomic mass is 32.1. The van der Waals surface area contributed by atoms with Crippen molar-refractivity contribution < 1.29 is 4.79 Å². The highest BCUT2D eigenvalue weighted by Gasteiger charge is 2.15. The standard InChI is InChI=1S/C15H18N4O2S/c1-3-9(4-2)12(20)17-14(16)19-15-18-13(21)10-7-5-6-8-11(10)22-15/h5-9H,3-4H2,1-2H3,(H3,16,17,18,19,20,21). The maximum Gasteiger partial charge on any atom is 0.281 e.